The summed E-state index contributed by atoms with van der Waals surface area (Å²) in [7, 11) is -4.07. The predicted octanol–water partition coefficient (Wildman–Crippen LogP) is 3.04. The number of phosphoric acid groups is 1. The largest absolute Gasteiger partial charge is 0.527 e. The number of benzene rings is 1. The van der Waals surface area contributed by atoms with E-state index in [0.717, 1.165) is 5.69 Å². The van der Waals surface area contributed by atoms with Gasteiger partial charge >= 0.3 is 7.82 Å². The minimum atomic E-state index is -4.07. The highest BCUT2D eigenvalue weighted by molar-refractivity contribution is 7.47. The number of rotatable bonds is 5. The SMILES string of the molecule is CCOP(=O)(O)Oc1cnn(-c2ccc(Cl)cc2)c1. The van der Waals surface area contributed by atoms with Crippen LogP contribution in [0.1, 0.15) is 6.92 Å². The number of hydrogen-bond donors (Lipinski definition) is 1. The maximum absolute atomic E-state index is 11.4. The van der Waals surface area contributed by atoms with Gasteiger partial charge in [0.15, 0.2) is 5.75 Å². The van der Waals surface area contributed by atoms with Gasteiger partial charge in [0.25, 0.3) is 0 Å². The molecular formula is C11H12ClN2O4P. The summed E-state index contributed by atoms with van der Waals surface area (Å²) in [5.74, 6) is 0.147. The van der Waals surface area contributed by atoms with Crippen molar-refractivity contribution in [2.24, 2.45) is 0 Å². The number of hydrogen-bond acceptors (Lipinski definition) is 4. The lowest BCUT2D eigenvalue weighted by molar-refractivity contribution is 0.213. The van der Waals surface area contributed by atoms with Crippen LogP contribution in [0, 0.1) is 0 Å². The van der Waals surface area contributed by atoms with Gasteiger partial charge in [-0.1, -0.05) is 11.6 Å². The van der Waals surface area contributed by atoms with Crippen LogP contribution < -0.4 is 4.52 Å². The summed E-state index contributed by atoms with van der Waals surface area (Å²) in [6.07, 6.45) is 2.81. The molecule has 0 aliphatic rings. The van der Waals surface area contributed by atoms with Crippen LogP contribution in [-0.4, -0.2) is 21.3 Å². The predicted molar refractivity (Wildman–Crippen MR) is 70.7 cm³/mol. The van der Waals surface area contributed by atoms with E-state index in [1.54, 1.807) is 31.2 Å². The summed E-state index contributed by atoms with van der Waals surface area (Å²) in [6, 6.07) is 6.97. The maximum Gasteiger partial charge on any atom is 0.527 e. The molecule has 0 fully saturated rings. The second-order valence-electron chi connectivity index (χ2n) is 3.57. The Morgan fingerprint density at radius 2 is 2.11 bits per heavy atom. The molecule has 8 heteroatoms. The minimum absolute atomic E-state index is 0.0824. The topological polar surface area (TPSA) is 73.6 Å². The van der Waals surface area contributed by atoms with Gasteiger partial charge in [0.05, 0.1) is 24.7 Å². The van der Waals surface area contributed by atoms with Crippen LogP contribution in [0.3, 0.4) is 0 Å². The summed E-state index contributed by atoms with van der Waals surface area (Å²) < 4.78 is 22.4. The Hall–Kier alpha value is -1.33. The summed E-state index contributed by atoms with van der Waals surface area (Å²) in [6.45, 7) is 1.68. The molecule has 6 nitrogen and oxygen atoms in total. The Bertz CT molecular complexity index is 599. The van der Waals surface area contributed by atoms with Gasteiger partial charge < -0.3 is 4.52 Å². The van der Waals surface area contributed by atoms with Gasteiger partial charge in [-0.2, -0.15) is 5.10 Å². The van der Waals surface area contributed by atoms with E-state index in [1.165, 1.54) is 17.1 Å². The average molecular weight is 303 g/mol. The van der Waals surface area contributed by atoms with Crippen molar-refractivity contribution in [3.63, 3.8) is 0 Å². The van der Waals surface area contributed by atoms with Gasteiger partial charge in [-0.15, -0.1) is 0 Å². The van der Waals surface area contributed by atoms with Gasteiger partial charge in [-0.25, -0.2) is 9.25 Å². The average Bonchev–Trinajstić information content (AvgIpc) is 2.77. The molecule has 0 saturated carbocycles. The fraction of sp³-hybridized carbons (Fsp3) is 0.182. The van der Waals surface area contributed by atoms with Crippen molar-refractivity contribution in [2.75, 3.05) is 6.61 Å². The molecule has 0 radical (unpaired) electrons. The zero-order chi connectivity index (χ0) is 13.9. The van der Waals surface area contributed by atoms with Gasteiger partial charge in [0.1, 0.15) is 0 Å². The Morgan fingerprint density at radius 3 is 2.74 bits per heavy atom. The van der Waals surface area contributed by atoms with Crippen LogP contribution >= 0.6 is 19.4 Å². The summed E-state index contributed by atoms with van der Waals surface area (Å²) in [4.78, 5) is 9.34. The van der Waals surface area contributed by atoms with Crippen molar-refractivity contribution in [3.8, 4) is 11.4 Å². The molecule has 0 bridgehead atoms. The van der Waals surface area contributed by atoms with E-state index >= 15 is 0 Å². The second kappa shape index (κ2) is 5.75. The molecule has 0 aliphatic carbocycles. The lowest BCUT2D eigenvalue weighted by Crippen LogP contribution is -1.96. The molecule has 2 rings (SSSR count). The van der Waals surface area contributed by atoms with Crippen LogP contribution in [0.15, 0.2) is 36.7 Å². The van der Waals surface area contributed by atoms with Crippen molar-refractivity contribution in [2.45, 2.75) is 6.92 Å². The highest BCUT2D eigenvalue weighted by Crippen LogP contribution is 2.43. The fourth-order valence-corrected chi connectivity index (χ4v) is 2.28. The normalized spacial score (nSPS) is 14.1. The van der Waals surface area contributed by atoms with E-state index < -0.39 is 7.82 Å². The highest BCUT2D eigenvalue weighted by atomic mass is 35.5. The summed E-state index contributed by atoms with van der Waals surface area (Å²) in [5.41, 5.74) is 0.753. The summed E-state index contributed by atoms with van der Waals surface area (Å²) >= 11 is 5.79. The minimum Gasteiger partial charge on any atom is -0.401 e. The van der Waals surface area contributed by atoms with Crippen molar-refractivity contribution in [1.29, 1.82) is 0 Å². The van der Waals surface area contributed by atoms with Crippen molar-refractivity contribution >= 4 is 19.4 Å². The van der Waals surface area contributed by atoms with Crippen LogP contribution in [0.5, 0.6) is 5.75 Å². The third-order valence-corrected chi connectivity index (χ3v) is 3.44. The first kappa shape index (κ1) is 14.1. The molecule has 1 N–H and O–H groups in total. The Kier molecular flexibility index (Phi) is 4.27. The van der Waals surface area contributed by atoms with E-state index in [1.807, 2.05) is 0 Å². The molecule has 1 aromatic carbocycles. The molecule has 0 amide bonds. The van der Waals surface area contributed by atoms with Crippen LogP contribution in [0.25, 0.3) is 5.69 Å². The molecule has 1 atom stereocenters. The Morgan fingerprint density at radius 1 is 1.42 bits per heavy atom. The third-order valence-electron chi connectivity index (χ3n) is 2.16. The molecule has 1 heterocycles. The van der Waals surface area contributed by atoms with Gasteiger partial charge in [-0.3, -0.25) is 9.42 Å². The molecule has 19 heavy (non-hydrogen) atoms. The zero-order valence-electron chi connectivity index (χ0n) is 10.1. The Labute approximate surface area is 115 Å². The first-order valence-corrected chi connectivity index (χ1v) is 7.35. The van der Waals surface area contributed by atoms with Gasteiger partial charge in [-0.05, 0) is 31.2 Å². The lowest BCUT2D eigenvalue weighted by Gasteiger charge is -2.09. The lowest BCUT2D eigenvalue weighted by atomic mass is 10.3. The number of nitrogens with zero attached hydrogens (tertiary/aromatic N) is 2. The summed E-state index contributed by atoms with van der Waals surface area (Å²) in [5, 5.41) is 4.64. The standard InChI is InChI=1S/C11H12ClN2O4P/c1-2-17-19(15,16)18-11-7-13-14(8-11)10-5-3-9(12)4-6-10/h3-8H,2H2,1H3,(H,15,16). The quantitative estimate of drug-likeness (QED) is 0.859. The molecule has 0 aliphatic heterocycles. The van der Waals surface area contributed by atoms with E-state index in [2.05, 4.69) is 9.62 Å². The van der Waals surface area contributed by atoms with Crippen LogP contribution in [0.4, 0.5) is 0 Å². The first-order chi connectivity index (χ1) is 9.00. The Balaban J connectivity index is 2.15. The molecule has 0 spiro atoms. The number of aromatic nitrogens is 2. The van der Waals surface area contributed by atoms with Crippen molar-refractivity contribution in [3.05, 3.63) is 41.7 Å². The number of phosphoric ester groups is 1. The van der Waals surface area contributed by atoms with E-state index in [4.69, 9.17) is 16.1 Å². The molecular weight excluding hydrogens is 291 g/mol. The molecule has 1 aromatic heterocycles. The van der Waals surface area contributed by atoms with Crippen LogP contribution in [0.2, 0.25) is 5.02 Å². The zero-order valence-corrected chi connectivity index (χ0v) is 11.7. The second-order valence-corrected chi connectivity index (χ2v) is 5.39. The third kappa shape index (κ3) is 3.81. The van der Waals surface area contributed by atoms with E-state index in [-0.39, 0.29) is 12.4 Å². The van der Waals surface area contributed by atoms with Crippen molar-refractivity contribution in [1.82, 2.24) is 9.78 Å². The van der Waals surface area contributed by atoms with Crippen LogP contribution in [-0.2, 0) is 9.09 Å². The monoisotopic (exact) mass is 302 g/mol. The smallest absolute Gasteiger partial charge is 0.401 e. The van der Waals surface area contributed by atoms with Crippen molar-refractivity contribution < 1.29 is 18.5 Å². The van der Waals surface area contributed by atoms with E-state index in [9.17, 15) is 9.46 Å². The van der Waals surface area contributed by atoms with Gasteiger partial charge in [0.2, 0.25) is 0 Å². The molecule has 102 valence electrons. The first-order valence-electron chi connectivity index (χ1n) is 5.48. The van der Waals surface area contributed by atoms with Gasteiger partial charge in [0, 0.05) is 5.02 Å². The molecule has 1 unspecified atom stereocenters. The number of halogens is 1. The highest BCUT2D eigenvalue weighted by Gasteiger charge is 2.22. The molecule has 2 aromatic rings. The van der Waals surface area contributed by atoms with E-state index in [0.29, 0.717) is 5.02 Å². The fourth-order valence-electron chi connectivity index (χ4n) is 1.41. The molecule has 0 saturated heterocycles. The maximum atomic E-state index is 11.4.